The van der Waals surface area contributed by atoms with Gasteiger partial charge in [0.2, 0.25) is 0 Å². The van der Waals surface area contributed by atoms with E-state index in [0.717, 1.165) is 0 Å². The Kier molecular flexibility index (Phi) is 6.94. The third-order valence-electron chi connectivity index (χ3n) is 3.64. The van der Waals surface area contributed by atoms with Gasteiger partial charge in [-0.15, -0.1) is 0 Å². The molecule has 0 unspecified atom stereocenters. The summed E-state index contributed by atoms with van der Waals surface area (Å²) < 4.78 is 48.4. The minimum atomic E-state index is -4.00. The number of carbonyl (C=O) groups is 1. The van der Waals surface area contributed by atoms with Crippen molar-refractivity contribution in [1.29, 1.82) is 0 Å². The molecule has 28 heavy (non-hydrogen) atoms. The van der Waals surface area contributed by atoms with Crippen LogP contribution in [0, 0.1) is 0 Å². The smallest absolute Gasteiger partial charge is 0.411 e. The normalized spacial score (nSPS) is 10.7. The second-order valence-electron chi connectivity index (χ2n) is 5.38. The highest BCUT2D eigenvalue weighted by Gasteiger charge is 2.20. The summed E-state index contributed by atoms with van der Waals surface area (Å²) in [5.41, 5.74) is 0.360. The van der Waals surface area contributed by atoms with E-state index < -0.39 is 16.1 Å². The zero-order valence-corrected chi connectivity index (χ0v) is 16.8. The SMILES string of the molecule is CCOC(=O)Nc1cc(S(=O)(=O)Nc2cc(OC)ccc2OC)ccc1OC. The van der Waals surface area contributed by atoms with Crippen LogP contribution >= 0.6 is 0 Å². The number of methoxy groups -OCH3 is 3. The number of nitrogens with one attached hydrogen (secondary N) is 2. The molecule has 0 fully saturated rings. The standard InChI is InChI=1S/C18H22N2O7S/c1-5-27-18(21)19-14-11-13(7-9-16(14)25-3)28(22,23)20-15-10-12(24-2)6-8-17(15)26-4/h6-11,20H,5H2,1-4H3,(H,19,21). The molecule has 10 heteroatoms. The van der Waals surface area contributed by atoms with E-state index in [2.05, 4.69) is 10.0 Å². The number of benzene rings is 2. The van der Waals surface area contributed by atoms with E-state index in [4.69, 9.17) is 18.9 Å². The highest BCUT2D eigenvalue weighted by atomic mass is 32.2. The van der Waals surface area contributed by atoms with E-state index in [1.54, 1.807) is 19.1 Å². The van der Waals surface area contributed by atoms with Crippen LogP contribution in [0.3, 0.4) is 0 Å². The molecule has 9 nitrogen and oxygen atoms in total. The predicted octanol–water partition coefficient (Wildman–Crippen LogP) is 3.08. The quantitative estimate of drug-likeness (QED) is 0.688. The molecule has 0 saturated heterocycles. The second kappa shape index (κ2) is 9.18. The lowest BCUT2D eigenvalue weighted by Crippen LogP contribution is -2.16. The molecular formula is C18H22N2O7S. The molecule has 0 heterocycles. The number of ether oxygens (including phenoxy) is 4. The highest BCUT2D eigenvalue weighted by molar-refractivity contribution is 7.92. The van der Waals surface area contributed by atoms with Crippen molar-refractivity contribution in [2.24, 2.45) is 0 Å². The van der Waals surface area contributed by atoms with E-state index in [1.807, 2.05) is 0 Å². The zero-order valence-electron chi connectivity index (χ0n) is 15.9. The van der Waals surface area contributed by atoms with Crippen molar-refractivity contribution in [1.82, 2.24) is 0 Å². The van der Waals surface area contributed by atoms with E-state index in [9.17, 15) is 13.2 Å². The Hall–Kier alpha value is -3.14. The Morgan fingerprint density at radius 2 is 1.57 bits per heavy atom. The minimum Gasteiger partial charge on any atom is -0.497 e. The molecule has 0 aliphatic rings. The second-order valence-corrected chi connectivity index (χ2v) is 7.06. The fourth-order valence-electron chi connectivity index (χ4n) is 2.33. The van der Waals surface area contributed by atoms with Crippen LogP contribution in [0.25, 0.3) is 0 Å². The average Bonchev–Trinajstić information content (AvgIpc) is 2.67. The first-order valence-electron chi connectivity index (χ1n) is 8.21. The van der Waals surface area contributed by atoms with E-state index in [1.165, 1.54) is 45.6 Å². The molecule has 0 radical (unpaired) electrons. The first kappa shape index (κ1) is 21.2. The summed E-state index contributed by atoms with van der Waals surface area (Å²) in [5, 5.41) is 2.46. The summed E-state index contributed by atoms with van der Waals surface area (Å²) in [6.45, 7) is 1.83. The maximum Gasteiger partial charge on any atom is 0.411 e. The van der Waals surface area contributed by atoms with Crippen molar-refractivity contribution < 1.29 is 32.2 Å². The van der Waals surface area contributed by atoms with Crippen LogP contribution in [0.5, 0.6) is 17.2 Å². The summed E-state index contributed by atoms with van der Waals surface area (Å²) in [7, 11) is 0.296. The number of carbonyl (C=O) groups excluding carboxylic acids is 1. The Labute approximate surface area is 163 Å². The lowest BCUT2D eigenvalue weighted by Gasteiger charge is -2.15. The molecule has 152 valence electrons. The first-order valence-corrected chi connectivity index (χ1v) is 9.69. The Morgan fingerprint density at radius 3 is 2.18 bits per heavy atom. The molecule has 0 aliphatic heterocycles. The average molecular weight is 410 g/mol. The van der Waals surface area contributed by atoms with E-state index in [-0.39, 0.29) is 28.6 Å². The molecule has 1 amide bonds. The van der Waals surface area contributed by atoms with Gasteiger partial charge in [-0.2, -0.15) is 0 Å². The van der Waals surface area contributed by atoms with Gasteiger partial charge in [0.1, 0.15) is 17.2 Å². The number of amides is 1. The Morgan fingerprint density at radius 1 is 0.929 bits per heavy atom. The van der Waals surface area contributed by atoms with Crippen molar-refractivity contribution >= 4 is 27.5 Å². The van der Waals surface area contributed by atoms with Gasteiger partial charge >= 0.3 is 6.09 Å². The van der Waals surface area contributed by atoms with Crippen LogP contribution in [0.4, 0.5) is 16.2 Å². The number of sulfonamides is 1. The molecule has 2 aromatic rings. The number of hydrogen-bond donors (Lipinski definition) is 2. The zero-order chi connectivity index (χ0) is 20.7. The van der Waals surface area contributed by atoms with Crippen molar-refractivity contribution in [2.45, 2.75) is 11.8 Å². The minimum absolute atomic E-state index is 0.0926. The highest BCUT2D eigenvalue weighted by Crippen LogP contribution is 2.33. The van der Waals surface area contributed by atoms with Gasteiger partial charge in [-0.25, -0.2) is 13.2 Å². The van der Waals surface area contributed by atoms with E-state index >= 15 is 0 Å². The largest absolute Gasteiger partial charge is 0.497 e. The third-order valence-corrected chi connectivity index (χ3v) is 5.01. The van der Waals surface area contributed by atoms with Gasteiger partial charge in [-0.1, -0.05) is 0 Å². The molecule has 0 spiro atoms. The molecule has 0 atom stereocenters. The summed E-state index contributed by atoms with van der Waals surface area (Å²) in [4.78, 5) is 11.6. The molecular weight excluding hydrogens is 388 g/mol. The van der Waals surface area contributed by atoms with Gasteiger partial charge in [0.15, 0.2) is 0 Å². The summed E-state index contributed by atoms with van der Waals surface area (Å²) in [5.74, 6) is 1.06. The van der Waals surface area contributed by atoms with Gasteiger partial charge in [-0.05, 0) is 37.3 Å². The van der Waals surface area contributed by atoms with Crippen LogP contribution in [-0.4, -0.2) is 42.4 Å². The van der Waals surface area contributed by atoms with Gasteiger partial charge < -0.3 is 18.9 Å². The number of rotatable bonds is 8. The van der Waals surface area contributed by atoms with Crippen LogP contribution in [0.1, 0.15) is 6.92 Å². The number of hydrogen-bond acceptors (Lipinski definition) is 7. The molecule has 2 aromatic carbocycles. The van der Waals surface area contributed by atoms with Gasteiger partial charge in [0.25, 0.3) is 10.0 Å². The van der Waals surface area contributed by atoms with Crippen molar-refractivity contribution in [3.05, 3.63) is 36.4 Å². The van der Waals surface area contributed by atoms with Crippen molar-refractivity contribution in [2.75, 3.05) is 38.0 Å². The van der Waals surface area contributed by atoms with Crippen molar-refractivity contribution in [3.8, 4) is 17.2 Å². The number of anilines is 2. The van der Waals surface area contributed by atoms with Crippen LogP contribution < -0.4 is 24.2 Å². The summed E-state index contributed by atoms with van der Waals surface area (Å²) in [6.07, 6.45) is -0.724. The third kappa shape index (κ3) is 4.97. The van der Waals surface area contributed by atoms with Crippen LogP contribution in [0.2, 0.25) is 0 Å². The van der Waals surface area contributed by atoms with Crippen LogP contribution in [-0.2, 0) is 14.8 Å². The van der Waals surface area contributed by atoms with Gasteiger partial charge in [0.05, 0.1) is 44.2 Å². The van der Waals surface area contributed by atoms with Gasteiger partial charge in [0, 0.05) is 6.07 Å². The fourth-order valence-corrected chi connectivity index (χ4v) is 3.41. The molecule has 0 aromatic heterocycles. The summed E-state index contributed by atoms with van der Waals surface area (Å²) >= 11 is 0. The monoisotopic (exact) mass is 410 g/mol. The Bertz CT molecular complexity index is 945. The lowest BCUT2D eigenvalue weighted by molar-refractivity contribution is 0.168. The molecule has 0 saturated carbocycles. The molecule has 0 bridgehead atoms. The topological polar surface area (TPSA) is 112 Å². The molecule has 2 rings (SSSR count). The van der Waals surface area contributed by atoms with Gasteiger partial charge in [-0.3, -0.25) is 10.0 Å². The maximum absolute atomic E-state index is 12.8. The maximum atomic E-state index is 12.8. The Balaban J connectivity index is 2.39. The molecule has 2 N–H and O–H groups in total. The first-order chi connectivity index (χ1) is 13.3. The van der Waals surface area contributed by atoms with Crippen molar-refractivity contribution in [3.63, 3.8) is 0 Å². The summed E-state index contributed by atoms with van der Waals surface area (Å²) in [6, 6.07) is 8.77. The fraction of sp³-hybridized carbons (Fsp3) is 0.278. The predicted molar refractivity (Wildman–Crippen MR) is 104 cm³/mol. The lowest BCUT2D eigenvalue weighted by atomic mass is 10.3. The van der Waals surface area contributed by atoms with E-state index in [0.29, 0.717) is 11.5 Å². The molecule has 0 aliphatic carbocycles. The van der Waals surface area contributed by atoms with Crippen LogP contribution in [0.15, 0.2) is 41.3 Å².